The van der Waals surface area contributed by atoms with E-state index in [2.05, 4.69) is 6.58 Å². The van der Waals surface area contributed by atoms with Crippen LogP contribution in [0.2, 0.25) is 0 Å². The van der Waals surface area contributed by atoms with Crippen LogP contribution in [0.4, 0.5) is 0 Å². The fourth-order valence-corrected chi connectivity index (χ4v) is 0. The van der Waals surface area contributed by atoms with E-state index in [-0.39, 0.29) is 0 Å². The van der Waals surface area contributed by atoms with Crippen molar-refractivity contribution in [2.75, 3.05) is 0 Å². The standard InChI is InChI=1S/C2H4N.Zn/c1-2-3;/h1,3H2;. The van der Waals surface area contributed by atoms with Crippen molar-refractivity contribution in [1.29, 1.82) is 0 Å². The van der Waals surface area contributed by atoms with Gasteiger partial charge in [0.15, 0.2) is 0 Å². The second-order valence-electron chi connectivity index (χ2n) is 0.658. The van der Waals surface area contributed by atoms with E-state index in [0.717, 1.165) is 22.6 Å². The van der Waals surface area contributed by atoms with Gasteiger partial charge in [0, 0.05) is 0 Å². The molecule has 0 atom stereocenters. The molecular weight excluding hydrogens is 103 g/mol. The summed E-state index contributed by atoms with van der Waals surface area (Å²) in [6, 6.07) is 0. The minimum atomic E-state index is 0.792. The van der Waals surface area contributed by atoms with Crippen molar-refractivity contribution >= 4 is 0 Å². The number of hydrogen-bond donors (Lipinski definition) is 1. The van der Waals surface area contributed by atoms with Crippen molar-refractivity contribution < 1.29 is 18.3 Å². The average Bonchev–Trinajstić information content (AvgIpc) is 0.811. The molecule has 0 bridgehead atoms. The Kier molecular flexibility index (Phi) is 1.54. The molecule has 0 spiro atoms. The Hall–Kier alpha value is 0.163. The first-order valence-corrected chi connectivity index (χ1v) is 2.48. The Labute approximate surface area is 35.6 Å². The quantitative estimate of drug-likeness (QED) is 0.432. The summed E-state index contributed by atoms with van der Waals surface area (Å²) in [5.74, 6) is 0. The monoisotopic (exact) mass is 106 g/mol. The van der Waals surface area contributed by atoms with E-state index in [1.165, 1.54) is 0 Å². The van der Waals surface area contributed by atoms with Crippen molar-refractivity contribution in [3.8, 4) is 0 Å². The summed E-state index contributed by atoms with van der Waals surface area (Å²) in [4.78, 5) is 0. The Morgan fingerprint density at radius 1 is 2.00 bits per heavy atom. The molecule has 0 amide bonds. The predicted octanol–water partition coefficient (Wildman–Crippen LogP) is -0.0369. The van der Waals surface area contributed by atoms with Gasteiger partial charge in [-0.05, 0) is 0 Å². The summed E-state index contributed by atoms with van der Waals surface area (Å²) < 4.78 is 0.792. The molecule has 19 valence electrons. The first-order valence-electron chi connectivity index (χ1n) is 0.996. The molecule has 1 nitrogen and oxygen atoms in total. The Morgan fingerprint density at radius 3 is 2.00 bits per heavy atom. The summed E-state index contributed by atoms with van der Waals surface area (Å²) >= 11 is 1.01. The van der Waals surface area contributed by atoms with E-state index < -0.39 is 0 Å². The van der Waals surface area contributed by atoms with Gasteiger partial charge in [0.2, 0.25) is 0 Å². The van der Waals surface area contributed by atoms with Crippen LogP contribution in [0.15, 0.2) is 10.9 Å². The van der Waals surface area contributed by atoms with E-state index in [1.807, 2.05) is 0 Å². The van der Waals surface area contributed by atoms with Crippen LogP contribution in [0.3, 0.4) is 0 Å². The normalized spacial score (nSPS) is 6.50. The van der Waals surface area contributed by atoms with Gasteiger partial charge in [0.1, 0.15) is 0 Å². The molecule has 0 aliphatic rings. The fourth-order valence-electron chi connectivity index (χ4n) is 0. The number of hydrogen-bond acceptors (Lipinski definition) is 1. The molecule has 0 aromatic carbocycles. The molecule has 0 radical (unpaired) electrons. The number of rotatable bonds is 0. The van der Waals surface area contributed by atoms with Gasteiger partial charge in [-0.3, -0.25) is 0 Å². The molecule has 0 fully saturated rings. The second-order valence-corrected chi connectivity index (χ2v) is 2.56. The summed E-state index contributed by atoms with van der Waals surface area (Å²) in [5, 5.41) is 0. The van der Waals surface area contributed by atoms with Crippen LogP contribution < -0.4 is 5.73 Å². The van der Waals surface area contributed by atoms with Crippen LogP contribution in [0.5, 0.6) is 0 Å². The van der Waals surface area contributed by atoms with Gasteiger partial charge in [-0.15, -0.1) is 0 Å². The third-order valence-electron chi connectivity index (χ3n) is 0. The zero-order valence-corrected chi connectivity index (χ0v) is 5.46. The summed E-state index contributed by atoms with van der Waals surface area (Å²) in [7, 11) is 0. The van der Waals surface area contributed by atoms with E-state index in [0.29, 0.717) is 0 Å². The molecule has 0 saturated heterocycles. The third-order valence-corrected chi connectivity index (χ3v) is 0. The van der Waals surface area contributed by atoms with Gasteiger partial charge < -0.3 is 0 Å². The molecule has 0 aromatic rings. The van der Waals surface area contributed by atoms with Crippen molar-refractivity contribution in [1.82, 2.24) is 0 Å². The van der Waals surface area contributed by atoms with Crippen LogP contribution in [0.25, 0.3) is 0 Å². The van der Waals surface area contributed by atoms with Gasteiger partial charge in [0.05, 0.1) is 0 Å². The molecular formula is C2H4NZn. The first kappa shape index (κ1) is 4.16. The SMILES string of the molecule is C=[C](N)[Zn]. The average molecular weight is 107 g/mol. The topological polar surface area (TPSA) is 26.0 Å². The molecule has 0 unspecified atom stereocenters. The molecule has 0 aliphatic heterocycles. The van der Waals surface area contributed by atoms with Crippen LogP contribution >= 0.6 is 0 Å². The van der Waals surface area contributed by atoms with Crippen LogP contribution in [0.1, 0.15) is 0 Å². The molecule has 0 saturated carbocycles. The Morgan fingerprint density at radius 2 is 2.00 bits per heavy atom. The molecule has 0 rings (SSSR count). The Bertz CT molecular complexity index is 29.0. The summed E-state index contributed by atoms with van der Waals surface area (Å²) in [6.07, 6.45) is 0. The summed E-state index contributed by atoms with van der Waals surface area (Å²) in [6.45, 7) is 3.39. The molecule has 4 heavy (non-hydrogen) atoms. The Balaban J connectivity index is 2.80. The van der Waals surface area contributed by atoms with Crippen LogP contribution in [-0.4, -0.2) is 0 Å². The molecule has 2 N–H and O–H groups in total. The van der Waals surface area contributed by atoms with Crippen molar-refractivity contribution in [3.05, 3.63) is 10.9 Å². The zero-order valence-electron chi connectivity index (χ0n) is 2.49. The molecule has 0 aromatic heterocycles. The van der Waals surface area contributed by atoms with E-state index in [1.54, 1.807) is 0 Å². The maximum absolute atomic E-state index is 4.97. The van der Waals surface area contributed by atoms with Gasteiger partial charge in [0.25, 0.3) is 0 Å². The van der Waals surface area contributed by atoms with Crippen molar-refractivity contribution in [2.24, 2.45) is 5.73 Å². The van der Waals surface area contributed by atoms with Gasteiger partial charge in [-0.2, -0.15) is 0 Å². The number of nitrogens with two attached hydrogens (primary N) is 1. The fraction of sp³-hybridized carbons (Fsp3) is 0. The van der Waals surface area contributed by atoms with Crippen molar-refractivity contribution in [3.63, 3.8) is 0 Å². The van der Waals surface area contributed by atoms with E-state index in [9.17, 15) is 0 Å². The first-order chi connectivity index (χ1) is 1.73. The zero-order chi connectivity index (χ0) is 3.58. The second kappa shape index (κ2) is 1.48. The van der Waals surface area contributed by atoms with Crippen molar-refractivity contribution in [2.45, 2.75) is 0 Å². The van der Waals surface area contributed by atoms with Gasteiger partial charge >= 0.3 is 34.9 Å². The molecule has 0 aliphatic carbocycles. The summed E-state index contributed by atoms with van der Waals surface area (Å²) in [5.41, 5.74) is 4.97. The minimum absolute atomic E-state index is 0.792. The molecule has 2 heteroatoms. The van der Waals surface area contributed by atoms with E-state index in [4.69, 9.17) is 5.73 Å². The molecule has 0 heterocycles. The predicted molar refractivity (Wildman–Crippen MR) is 13.3 cm³/mol. The van der Waals surface area contributed by atoms with Gasteiger partial charge in [-0.1, -0.05) is 0 Å². The maximum atomic E-state index is 4.97. The van der Waals surface area contributed by atoms with Gasteiger partial charge in [-0.25, -0.2) is 0 Å². The third kappa shape index (κ3) is 110. The van der Waals surface area contributed by atoms with Crippen LogP contribution in [-0.2, 0) is 18.3 Å². The van der Waals surface area contributed by atoms with Crippen LogP contribution in [0, 0.1) is 0 Å². The van der Waals surface area contributed by atoms with E-state index >= 15 is 0 Å².